The normalized spacial score (nSPS) is 12.4. The predicted octanol–water partition coefficient (Wildman–Crippen LogP) is 4.65. The van der Waals surface area contributed by atoms with E-state index in [1.807, 2.05) is 18.2 Å². The monoisotopic (exact) mass is 313 g/mol. The molecule has 0 bridgehead atoms. The topological polar surface area (TPSA) is 35.2 Å². The van der Waals surface area contributed by atoms with Crippen molar-refractivity contribution < 1.29 is 4.74 Å². The molecule has 0 saturated carbocycles. The second kappa shape index (κ2) is 8.54. The molecule has 1 aromatic rings. The average Bonchev–Trinajstić information content (AvgIpc) is 2.35. The van der Waals surface area contributed by atoms with Crippen molar-refractivity contribution in [3.05, 3.63) is 28.2 Å². The number of halogens is 1. The molecule has 1 rings (SSSR count). The lowest BCUT2D eigenvalue weighted by Crippen LogP contribution is -2.13. The Labute approximate surface area is 119 Å². The van der Waals surface area contributed by atoms with Crippen molar-refractivity contribution in [2.24, 2.45) is 5.73 Å². The van der Waals surface area contributed by atoms with Crippen molar-refractivity contribution in [2.45, 2.75) is 58.6 Å². The van der Waals surface area contributed by atoms with Crippen LogP contribution in [0.1, 0.15) is 51.5 Å². The van der Waals surface area contributed by atoms with Gasteiger partial charge in [0.2, 0.25) is 0 Å². The van der Waals surface area contributed by atoms with Crippen molar-refractivity contribution in [1.82, 2.24) is 0 Å². The van der Waals surface area contributed by atoms with Crippen LogP contribution in [0.25, 0.3) is 0 Å². The van der Waals surface area contributed by atoms with Gasteiger partial charge in [0.25, 0.3) is 0 Å². The van der Waals surface area contributed by atoms with Crippen LogP contribution >= 0.6 is 15.9 Å². The Morgan fingerprint density at radius 1 is 1.28 bits per heavy atom. The van der Waals surface area contributed by atoms with Crippen LogP contribution in [0, 0.1) is 0 Å². The summed E-state index contributed by atoms with van der Waals surface area (Å²) in [5.41, 5.74) is 6.79. The van der Waals surface area contributed by atoms with Gasteiger partial charge in [0.1, 0.15) is 5.75 Å². The van der Waals surface area contributed by atoms with E-state index in [1.165, 1.54) is 25.7 Å². The third-order valence-electron chi connectivity index (χ3n) is 3.04. The van der Waals surface area contributed by atoms with E-state index in [0.29, 0.717) is 6.54 Å². The lowest BCUT2D eigenvalue weighted by atomic mass is 10.1. The standard InChI is InChI=1S/C15H24BrNO/c1-3-4-5-6-7-12(2)18-15-10-14(16)9-8-13(15)11-17/h8-10,12H,3-7,11,17H2,1-2H3. The van der Waals surface area contributed by atoms with Crippen LogP contribution in [0.5, 0.6) is 5.75 Å². The van der Waals surface area contributed by atoms with Gasteiger partial charge in [-0.1, -0.05) is 48.2 Å². The lowest BCUT2D eigenvalue weighted by molar-refractivity contribution is 0.204. The third-order valence-corrected chi connectivity index (χ3v) is 3.53. The Morgan fingerprint density at radius 2 is 2.06 bits per heavy atom. The summed E-state index contributed by atoms with van der Waals surface area (Å²) >= 11 is 3.47. The van der Waals surface area contributed by atoms with Crippen LogP contribution in [0.4, 0.5) is 0 Å². The molecule has 0 aromatic heterocycles. The van der Waals surface area contributed by atoms with Crippen LogP contribution in [0.3, 0.4) is 0 Å². The van der Waals surface area contributed by atoms with Gasteiger partial charge in [-0.2, -0.15) is 0 Å². The third kappa shape index (κ3) is 5.40. The first kappa shape index (κ1) is 15.5. The fraction of sp³-hybridized carbons (Fsp3) is 0.600. The van der Waals surface area contributed by atoms with Gasteiger partial charge < -0.3 is 10.5 Å². The number of rotatable bonds is 8. The first-order chi connectivity index (χ1) is 8.67. The quantitative estimate of drug-likeness (QED) is 0.709. The first-order valence-corrected chi connectivity index (χ1v) is 7.61. The Bertz CT molecular complexity index is 354. The summed E-state index contributed by atoms with van der Waals surface area (Å²) in [5, 5.41) is 0. The highest BCUT2D eigenvalue weighted by Gasteiger charge is 2.08. The van der Waals surface area contributed by atoms with Gasteiger partial charge >= 0.3 is 0 Å². The zero-order valence-corrected chi connectivity index (χ0v) is 13.0. The Balaban J connectivity index is 2.47. The molecule has 1 atom stereocenters. The second-order valence-corrected chi connectivity index (χ2v) is 5.65. The molecule has 0 heterocycles. The van der Waals surface area contributed by atoms with E-state index in [9.17, 15) is 0 Å². The molecule has 2 nitrogen and oxygen atoms in total. The highest BCUT2D eigenvalue weighted by molar-refractivity contribution is 9.10. The highest BCUT2D eigenvalue weighted by atomic mass is 79.9. The minimum Gasteiger partial charge on any atom is -0.490 e. The molecular weight excluding hydrogens is 290 g/mol. The maximum atomic E-state index is 5.99. The summed E-state index contributed by atoms with van der Waals surface area (Å²) in [5.74, 6) is 0.912. The zero-order chi connectivity index (χ0) is 13.4. The molecule has 102 valence electrons. The van der Waals surface area contributed by atoms with Gasteiger partial charge in [-0.05, 0) is 31.9 Å². The molecule has 0 aliphatic heterocycles. The molecule has 0 spiro atoms. The molecule has 2 N–H and O–H groups in total. The van der Waals surface area contributed by atoms with Crippen molar-refractivity contribution in [1.29, 1.82) is 0 Å². The number of hydrogen-bond donors (Lipinski definition) is 1. The molecule has 0 amide bonds. The summed E-state index contributed by atoms with van der Waals surface area (Å²) in [4.78, 5) is 0. The molecule has 3 heteroatoms. The predicted molar refractivity (Wildman–Crippen MR) is 80.9 cm³/mol. The van der Waals surface area contributed by atoms with Crippen LogP contribution in [0.15, 0.2) is 22.7 Å². The zero-order valence-electron chi connectivity index (χ0n) is 11.4. The molecule has 0 aliphatic rings. The molecule has 18 heavy (non-hydrogen) atoms. The molecule has 1 aromatic carbocycles. The van der Waals surface area contributed by atoms with E-state index in [0.717, 1.165) is 22.2 Å². The Morgan fingerprint density at radius 3 is 2.72 bits per heavy atom. The van der Waals surface area contributed by atoms with Gasteiger partial charge in [0, 0.05) is 16.6 Å². The Hall–Kier alpha value is -0.540. The van der Waals surface area contributed by atoms with Gasteiger partial charge in [0.15, 0.2) is 0 Å². The fourth-order valence-corrected chi connectivity index (χ4v) is 2.28. The first-order valence-electron chi connectivity index (χ1n) is 6.82. The minimum atomic E-state index is 0.251. The van der Waals surface area contributed by atoms with Gasteiger partial charge in [-0.15, -0.1) is 0 Å². The summed E-state index contributed by atoms with van der Waals surface area (Å²) in [6.45, 7) is 4.88. The van der Waals surface area contributed by atoms with Crippen LogP contribution in [0.2, 0.25) is 0 Å². The van der Waals surface area contributed by atoms with Gasteiger partial charge in [0.05, 0.1) is 6.10 Å². The van der Waals surface area contributed by atoms with Crippen molar-refractivity contribution in [3.63, 3.8) is 0 Å². The molecule has 0 radical (unpaired) electrons. The van der Waals surface area contributed by atoms with E-state index in [1.54, 1.807) is 0 Å². The maximum absolute atomic E-state index is 5.99. The van der Waals surface area contributed by atoms with E-state index < -0.39 is 0 Å². The summed E-state index contributed by atoms with van der Waals surface area (Å²) in [6, 6.07) is 6.02. The smallest absolute Gasteiger partial charge is 0.125 e. The second-order valence-electron chi connectivity index (χ2n) is 4.73. The van der Waals surface area contributed by atoms with Crippen molar-refractivity contribution in [3.8, 4) is 5.75 Å². The summed E-state index contributed by atoms with van der Waals surface area (Å²) in [6.07, 6.45) is 6.49. The number of unbranched alkanes of at least 4 members (excludes halogenated alkanes) is 3. The molecular formula is C15H24BrNO. The molecule has 1 unspecified atom stereocenters. The van der Waals surface area contributed by atoms with Gasteiger partial charge in [-0.3, -0.25) is 0 Å². The van der Waals surface area contributed by atoms with Crippen LogP contribution in [-0.2, 0) is 6.54 Å². The van der Waals surface area contributed by atoms with E-state index in [2.05, 4.69) is 29.8 Å². The van der Waals surface area contributed by atoms with Crippen molar-refractivity contribution in [2.75, 3.05) is 0 Å². The molecule has 0 saturated heterocycles. The minimum absolute atomic E-state index is 0.251. The van der Waals surface area contributed by atoms with Gasteiger partial charge in [-0.25, -0.2) is 0 Å². The number of hydrogen-bond acceptors (Lipinski definition) is 2. The van der Waals surface area contributed by atoms with E-state index in [4.69, 9.17) is 10.5 Å². The van der Waals surface area contributed by atoms with E-state index >= 15 is 0 Å². The summed E-state index contributed by atoms with van der Waals surface area (Å²) < 4.78 is 7.02. The maximum Gasteiger partial charge on any atom is 0.125 e. The number of nitrogens with two attached hydrogens (primary N) is 1. The van der Waals surface area contributed by atoms with E-state index in [-0.39, 0.29) is 6.10 Å². The summed E-state index contributed by atoms with van der Waals surface area (Å²) in [7, 11) is 0. The fourth-order valence-electron chi connectivity index (χ4n) is 1.94. The number of ether oxygens (including phenoxy) is 1. The molecule has 0 fully saturated rings. The average molecular weight is 314 g/mol. The van der Waals surface area contributed by atoms with Crippen LogP contribution < -0.4 is 10.5 Å². The molecule has 0 aliphatic carbocycles. The van der Waals surface area contributed by atoms with Crippen LogP contribution in [-0.4, -0.2) is 6.10 Å². The Kier molecular flexibility index (Phi) is 7.36. The van der Waals surface area contributed by atoms with Crippen molar-refractivity contribution >= 4 is 15.9 Å². The highest BCUT2D eigenvalue weighted by Crippen LogP contribution is 2.25. The lowest BCUT2D eigenvalue weighted by Gasteiger charge is -2.17. The largest absolute Gasteiger partial charge is 0.490 e. The number of benzene rings is 1. The SMILES string of the molecule is CCCCCCC(C)Oc1cc(Br)ccc1CN.